The molecule has 0 aromatic heterocycles. The first-order chi connectivity index (χ1) is 4.99. The van der Waals surface area contributed by atoms with Gasteiger partial charge in [-0.3, -0.25) is 0 Å². The largest absolute Gasteiger partial charge is 0.389 e. The standard InChI is InChI=1S/C9H19NO/c1-8(2)6-10-5-4-9(3,11)7-10/h8,11H,4-7H2,1-3H3/t9-/m1/s1. The van der Waals surface area contributed by atoms with Crippen molar-refractivity contribution >= 4 is 0 Å². The van der Waals surface area contributed by atoms with Gasteiger partial charge in [-0.2, -0.15) is 0 Å². The fraction of sp³-hybridized carbons (Fsp3) is 1.00. The van der Waals surface area contributed by atoms with Crippen LogP contribution in [0.5, 0.6) is 0 Å². The van der Waals surface area contributed by atoms with Gasteiger partial charge in [0.2, 0.25) is 0 Å². The Kier molecular flexibility index (Phi) is 2.55. The summed E-state index contributed by atoms with van der Waals surface area (Å²) in [5.41, 5.74) is -0.422. The van der Waals surface area contributed by atoms with Crippen LogP contribution in [0.2, 0.25) is 0 Å². The lowest BCUT2D eigenvalue weighted by Crippen LogP contribution is -2.31. The molecule has 1 heterocycles. The monoisotopic (exact) mass is 157 g/mol. The van der Waals surface area contributed by atoms with Crippen molar-refractivity contribution < 1.29 is 5.11 Å². The van der Waals surface area contributed by atoms with Crippen LogP contribution in [0.4, 0.5) is 0 Å². The van der Waals surface area contributed by atoms with Crippen LogP contribution in [-0.2, 0) is 0 Å². The molecule has 66 valence electrons. The SMILES string of the molecule is CC(C)CN1CC[C@@](C)(O)C1. The van der Waals surface area contributed by atoms with Crippen molar-refractivity contribution in [1.29, 1.82) is 0 Å². The first kappa shape index (κ1) is 9.01. The third-order valence-corrected chi connectivity index (χ3v) is 2.15. The van der Waals surface area contributed by atoms with Gasteiger partial charge in [-0.05, 0) is 19.3 Å². The van der Waals surface area contributed by atoms with Crippen molar-refractivity contribution in [3.8, 4) is 0 Å². The molecule has 11 heavy (non-hydrogen) atoms. The van der Waals surface area contributed by atoms with Crippen LogP contribution in [0, 0.1) is 5.92 Å². The predicted molar refractivity (Wildman–Crippen MR) is 46.5 cm³/mol. The predicted octanol–water partition coefficient (Wildman–Crippen LogP) is 1.10. The average molecular weight is 157 g/mol. The first-order valence-electron chi connectivity index (χ1n) is 4.44. The van der Waals surface area contributed by atoms with Crippen molar-refractivity contribution in [2.75, 3.05) is 19.6 Å². The number of nitrogens with zero attached hydrogens (tertiary/aromatic N) is 1. The highest BCUT2D eigenvalue weighted by Gasteiger charge is 2.30. The van der Waals surface area contributed by atoms with Crippen LogP contribution in [-0.4, -0.2) is 35.2 Å². The minimum Gasteiger partial charge on any atom is -0.389 e. The number of likely N-dealkylation sites (tertiary alicyclic amines) is 1. The Hall–Kier alpha value is -0.0800. The molecule has 2 heteroatoms. The number of hydrogen-bond donors (Lipinski definition) is 1. The van der Waals surface area contributed by atoms with Crippen molar-refractivity contribution in [3.05, 3.63) is 0 Å². The fourth-order valence-corrected chi connectivity index (χ4v) is 1.71. The molecule has 0 aromatic carbocycles. The molecule has 1 N–H and O–H groups in total. The highest BCUT2D eigenvalue weighted by Crippen LogP contribution is 2.20. The summed E-state index contributed by atoms with van der Waals surface area (Å²) in [5.74, 6) is 0.712. The molecule has 0 spiro atoms. The molecular formula is C9H19NO. The third-order valence-electron chi connectivity index (χ3n) is 2.15. The summed E-state index contributed by atoms with van der Waals surface area (Å²) in [6, 6.07) is 0. The Labute approximate surface area is 69.2 Å². The number of hydrogen-bond acceptors (Lipinski definition) is 2. The van der Waals surface area contributed by atoms with Gasteiger partial charge in [0.25, 0.3) is 0 Å². The van der Waals surface area contributed by atoms with Crippen molar-refractivity contribution in [3.63, 3.8) is 0 Å². The Morgan fingerprint density at radius 1 is 1.55 bits per heavy atom. The topological polar surface area (TPSA) is 23.5 Å². The zero-order valence-corrected chi connectivity index (χ0v) is 7.80. The summed E-state index contributed by atoms with van der Waals surface area (Å²) in [7, 11) is 0. The maximum absolute atomic E-state index is 9.64. The molecule has 0 radical (unpaired) electrons. The van der Waals surface area contributed by atoms with Crippen LogP contribution in [0.25, 0.3) is 0 Å². The Morgan fingerprint density at radius 2 is 2.18 bits per heavy atom. The van der Waals surface area contributed by atoms with Crippen molar-refractivity contribution in [2.24, 2.45) is 5.92 Å². The zero-order chi connectivity index (χ0) is 8.48. The third kappa shape index (κ3) is 2.80. The van der Waals surface area contributed by atoms with E-state index in [4.69, 9.17) is 0 Å². The van der Waals surface area contributed by atoms with E-state index in [1.54, 1.807) is 0 Å². The highest BCUT2D eigenvalue weighted by molar-refractivity contribution is 4.85. The Morgan fingerprint density at radius 3 is 2.55 bits per heavy atom. The molecule has 1 saturated heterocycles. The van der Waals surface area contributed by atoms with Gasteiger partial charge in [-0.15, -0.1) is 0 Å². The summed E-state index contributed by atoms with van der Waals surface area (Å²) in [6.07, 6.45) is 0.930. The molecule has 1 aliphatic rings. The van der Waals surface area contributed by atoms with Crippen molar-refractivity contribution in [1.82, 2.24) is 4.90 Å². The summed E-state index contributed by atoms with van der Waals surface area (Å²) >= 11 is 0. The minimum absolute atomic E-state index is 0.422. The van der Waals surface area contributed by atoms with E-state index in [0.717, 1.165) is 26.1 Å². The van der Waals surface area contributed by atoms with E-state index in [2.05, 4.69) is 18.7 Å². The molecule has 0 unspecified atom stereocenters. The maximum atomic E-state index is 9.64. The number of aliphatic hydroxyl groups is 1. The van der Waals surface area contributed by atoms with Gasteiger partial charge >= 0.3 is 0 Å². The van der Waals surface area contributed by atoms with Crippen LogP contribution >= 0.6 is 0 Å². The van der Waals surface area contributed by atoms with E-state index < -0.39 is 5.60 Å². The average Bonchev–Trinajstić information content (AvgIpc) is 2.08. The zero-order valence-electron chi connectivity index (χ0n) is 7.80. The molecule has 0 aromatic rings. The molecular weight excluding hydrogens is 138 g/mol. The van der Waals surface area contributed by atoms with Gasteiger partial charge in [0, 0.05) is 19.6 Å². The van der Waals surface area contributed by atoms with Gasteiger partial charge in [0.1, 0.15) is 0 Å². The smallest absolute Gasteiger partial charge is 0.0758 e. The normalized spacial score (nSPS) is 33.5. The van der Waals surface area contributed by atoms with Gasteiger partial charge in [-0.25, -0.2) is 0 Å². The molecule has 0 aliphatic carbocycles. The molecule has 0 bridgehead atoms. The Bertz CT molecular complexity index is 132. The molecule has 1 atom stereocenters. The second-order valence-corrected chi connectivity index (χ2v) is 4.38. The van der Waals surface area contributed by atoms with Crippen LogP contribution < -0.4 is 0 Å². The minimum atomic E-state index is -0.422. The van der Waals surface area contributed by atoms with Crippen LogP contribution in [0.1, 0.15) is 27.2 Å². The van der Waals surface area contributed by atoms with Gasteiger partial charge in [0.05, 0.1) is 5.60 Å². The summed E-state index contributed by atoms with van der Waals surface area (Å²) in [6.45, 7) is 9.39. The fourth-order valence-electron chi connectivity index (χ4n) is 1.71. The second kappa shape index (κ2) is 3.11. The number of β-amino-alcohol motifs (C(OH)–C–C–N with tert-alkyl or cyclic N) is 1. The molecule has 0 amide bonds. The molecule has 1 fully saturated rings. The molecule has 1 aliphatic heterocycles. The van der Waals surface area contributed by atoms with E-state index in [-0.39, 0.29) is 0 Å². The summed E-state index contributed by atoms with van der Waals surface area (Å²) in [4.78, 5) is 2.34. The van der Waals surface area contributed by atoms with Crippen LogP contribution in [0.15, 0.2) is 0 Å². The van der Waals surface area contributed by atoms with Gasteiger partial charge in [0.15, 0.2) is 0 Å². The van der Waals surface area contributed by atoms with Gasteiger partial charge < -0.3 is 10.0 Å². The molecule has 0 saturated carbocycles. The lowest BCUT2D eigenvalue weighted by Gasteiger charge is -2.20. The van der Waals surface area contributed by atoms with E-state index in [1.165, 1.54) is 0 Å². The highest BCUT2D eigenvalue weighted by atomic mass is 16.3. The quantitative estimate of drug-likeness (QED) is 0.649. The lowest BCUT2D eigenvalue weighted by molar-refractivity contribution is 0.0674. The number of rotatable bonds is 2. The van der Waals surface area contributed by atoms with E-state index in [0.29, 0.717) is 5.92 Å². The molecule has 2 nitrogen and oxygen atoms in total. The molecule has 1 rings (SSSR count). The summed E-state index contributed by atoms with van der Waals surface area (Å²) in [5, 5.41) is 9.64. The second-order valence-electron chi connectivity index (χ2n) is 4.38. The van der Waals surface area contributed by atoms with E-state index >= 15 is 0 Å². The van der Waals surface area contributed by atoms with Crippen molar-refractivity contribution in [2.45, 2.75) is 32.8 Å². The van der Waals surface area contributed by atoms with E-state index in [9.17, 15) is 5.11 Å². The summed E-state index contributed by atoms with van der Waals surface area (Å²) < 4.78 is 0. The van der Waals surface area contributed by atoms with Crippen LogP contribution in [0.3, 0.4) is 0 Å². The Balaban J connectivity index is 2.31. The first-order valence-corrected chi connectivity index (χ1v) is 4.44. The maximum Gasteiger partial charge on any atom is 0.0758 e. The lowest BCUT2D eigenvalue weighted by atomic mass is 10.1. The van der Waals surface area contributed by atoms with E-state index in [1.807, 2.05) is 6.92 Å². The van der Waals surface area contributed by atoms with Gasteiger partial charge in [-0.1, -0.05) is 13.8 Å².